The van der Waals surface area contributed by atoms with Crippen LogP contribution in [0.1, 0.15) is 16.4 Å². The maximum Gasteiger partial charge on any atom is 0.322 e. The molecule has 2 aromatic heterocycles. The summed E-state index contributed by atoms with van der Waals surface area (Å²) < 4.78 is 5.03. The highest BCUT2D eigenvalue weighted by atomic mass is 16.4. The number of carbonyl (C=O) groups is 1. The van der Waals surface area contributed by atoms with E-state index in [4.69, 9.17) is 4.42 Å². The number of anilines is 2. The molecule has 0 spiro atoms. The van der Waals surface area contributed by atoms with Crippen LogP contribution in [0.25, 0.3) is 0 Å². The molecule has 0 aliphatic rings. The first-order valence-electron chi connectivity index (χ1n) is 4.95. The third kappa shape index (κ3) is 2.57. The van der Waals surface area contributed by atoms with E-state index in [1.807, 2.05) is 0 Å². The molecule has 0 aliphatic heterocycles. The van der Waals surface area contributed by atoms with E-state index in [0.29, 0.717) is 11.7 Å². The zero-order chi connectivity index (χ0) is 12.3. The molecule has 0 unspecified atom stereocenters. The molecule has 88 valence electrons. The largest absolute Gasteiger partial charge is 0.408 e. The van der Waals surface area contributed by atoms with Crippen LogP contribution in [-0.4, -0.2) is 28.1 Å². The second-order valence-electron chi connectivity index (χ2n) is 3.24. The lowest BCUT2D eigenvalue weighted by Crippen LogP contribution is -2.14. The van der Waals surface area contributed by atoms with Crippen LogP contribution in [0, 0.1) is 6.92 Å². The SMILES string of the molecule is CNc1cccc(C(=O)Nc2nnc(C)o2)n1. The van der Waals surface area contributed by atoms with Crippen molar-refractivity contribution in [2.24, 2.45) is 0 Å². The number of nitrogens with zero attached hydrogens (tertiary/aromatic N) is 3. The van der Waals surface area contributed by atoms with Crippen LogP contribution in [0.3, 0.4) is 0 Å². The minimum Gasteiger partial charge on any atom is -0.408 e. The fourth-order valence-corrected chi connectivity index (χ4v) is 1.21. The third-order valence-corrected chi connectivity index (χ3v) is 1.98. The third-order valence-electron chi connectivity index (χ3n) is 1.98. The predicted octanol–water partition coefficient (Wildman–Crippen LogP) is 1.07. The Hall–Kier alpha value is -2.44. The van der Waals surface area contributed by atoms with Gasteiger partial charge in [0.15, 0.2) is 0 Å². The predicted molar refractivity (Wildman–Crippen MR) is 60.8 cm³/mol. The number of pyridine rings is 1. The smallest absolute Gasteiger partial charge is 0.322 e. The van der Waals surface area contributed by atoms with Gasteiger partial charge in [-0.05, 0) is 12.1 Å². The number of hydrogen-bond acceptors (Lipinski definition) is 6. The van der Waals surface area contributed by atoms with Gasteiger partial charge in [0.25, 0.3) is 5.91 Å². The van der Waals surface area contributed by atoms with Crippen LogP contribution in [0.15, 0.2) is 22.6 Å². The summed E-state index contributed by atoms with van der Waals surface area (Å²) in [6, 6.07) is 5.14. The van der Waals surface area contributed by atoms with Gasteiger partial charge in [0.1, 0.15) is 11.5 Å². The summed E-state index contributed by atoms with van der Waals surface area (Å²) in [6.07, 6.45) is 0. The molecule has 0 aromatic carbocycles. The highest BCUT2D eigenvalue weighted by molar-refractivity contribution is 6.01. The van der Waals surface area contributed by atoms with Gasteiger partial charge in [-0.3, -0.25) is 10.1 Å². The summed E-state index contributed by atoms with van der Waals surface area (Å²) in [5.41, 5.74) is 0.271. The van der Waals surface area contributed by atoms with E-state index in [0.717, 1.165) is 0 Å². The summed E-state index contributed by atoms with van der Waals surface area (Å²) in [6.45, 7) is 1.64. The zero-order valence-corrected chi connectivity index (χ0v) is 9.39. The molecule has 2 rings (SSSR count). The molecule has 0 bridgehead atoms. The number of aryl methyl sites for hydroxylation is 1. The van der Waals surface area contributed by atoms with Crippen molar-refractivity contribution in [2.45, 2.75) is 6.92 Å². The Kier molecular flexibility index (Phi) is 2.99. The topological polar surface area (TPSA) is 92.9 Å². The van der Waals surface area contributed by atoms with Crippen LogP contribution in [0.4, 0.5) is 11.8 Å². The molecule has 2 aromatic rings. The maximum absolute atomic E-state index is 11.8. The van der Waals surface area contributed by atoms with Gasteiger partial charge in [-0.1, -0.05) is 11.2 Å². The molecule has 2 heterocycles. The van der Waals surface area contributed by atoms with E-state index in [-0.39, 0.29) is 11.7 Å². The first kappa shape index (κ1) is 11.1. The summed E-state index contributed by atoms with van der Waals surface area (Å²) in [7, 11) is 1.73. The lowest BCUT2D eigenvalue weighted by Gasteiger charge is -2.02. The molecule has 0 fully saturated rings. The van der Waals surface area contributed by atoms with Crippen molar-refractivity contribution in [3.63, 3.8) is 0 Å². The Labute approximate surface area is 97.3 Å². The van der Waals surface area contributed by atoms with E-state index in [9.17, 15) is 4.79 Å². The first-order chi connectivity index (χ1) is 8.19. The van der Waals surface area contributed by atoms with Crippen LogP contribution in [-0.2, 0) is 0 Å². The van der Waals surface area contributed by atoms with Crippen molar-refractivity contribution in [3.8, 4) is 0 Å². The summed E-state index contributed by atoms with van der Waals surface area (Å²) >= 11 is 0. The minimum atomic E-state index is -0.397. The van der Waals surface area contributed by atoms with Gasteiger partial charge in [-0.25, -0.2) is 4.98 Å². The monoisotopic (exact) mass is 233 g/mol. The fraction of sp³-hybridized carbons (Fsp3) is 0.200. The van der Waals surface area contributed by atoms with Gasteiger partial charge >= 0.3 is 6.01 Å². The van der Waals surface area contributed by atoms with Gasteiger partial charge in [0, 0.05) is 14.0 Å². The van der Waals surface area contributed by atoms with Crippen molar-refractivity contribution in [1.82, 2.24) is 15.2 Å². The van der Waals surface area contributed by atoms with Crippen molar-refractivity contribution in [3.05, 3.63) is 29.8 Å². The highest BCUT2D eigenvalue weighted by Crippen LogP contribution is 2.08. The van der Waals surface area contributed by atoms with Gasteiger partial charge < -0.3 is 9.73 Å². The lowest BCUT2D eigenvalue weighted by molar-refractivity contribution is 0.101. The standard InChI is InChI=1S/C10H11N5O2/c1-6-14-15-10(17-6)13-9(16)7-4-3-5-8(11-2)12-7/h3-5H,1-2H3,(H,11,12)(H,13,15,16). The lowest BCUT2D eigenvalue weighted by atomic mass is 10.3. The van der Waals surface area contributed by atoms with Crippen LogP contribution in [0.5, 0.6) is 0 Å². The molecule has 0 aliphatic carbocycles. The number of carbonyl (C=O) groups excluding carboxylic acids is 1. The molecule has 0 radical (unpaired) electrons. The molecule has 0 saturated heterocycles. The van der Waals surface area contributed by atoms with Gasteiger partial charge in [0.05, 0.1) is 0 Å². The van der Waals surface area contributed by atoms with Crippen LogP contribution in [0.2, 0.25) is 0 Å². The number of nitrogens with one attached hydrogen (secondary N) is 2. The van der Waals surface area contributed by atoms with E-state index in [1.165, 1.54) is 0 Å². The van der Waals surface area contributed by atoms with Crippen molar-refractivity contribution < 1.29 is 9.21 Å². The van der Waals surface area contributed by atoms with Gasteiger partial charge in [-0.2, -0.15) is 0 Å². The van der Waals surface area contributed by atoms with Gasteiger partial charge in [0.2, 0.25) is 5.89 Å². The average Bonchev–Trinajstić information content (AvgIpc) is 2.75. The quantitative estimate of drug-likeness (QED) is 0.823. The Morgan fingerprint density at radius 1 is 1.35 bits per heavy atom. The van der Waals surface area contributed by atoms with Crippen molar-refractivity contribution >= 4 is 17.7 Å². The van der Waals surface area contributed by atoms with Crippen LogP contribution < -0.4 is 10.6 Å². The van der Waals surface area contributed by atoms with E-state index in [2.05, 4.69) is 25.8 Å². The van der Waals surface area contributed by atoms with Crippen molar-refractivity contribution in [1.29, 1.82) is 0 Å². The zero-order valence-electron chi connectivity index (χ0n) is 9.39. The number of amides is 1. The van der Waals surface area contributed by atoms with E-state index < -0.39 is 5.91 Å². The summed E-state index contributed by atoms with van der Waals surface area (Å²) in [4.78, 5) is 15.8. The molecule has 7 nitrogen and oxygen atoms in total. The highest BCUT2D eigenvalue weighted by Gasteiger charge is 2.11. The second-order valence-corrected chi connectivity index (χ2v) is 3.24. The molecule has 0 saturated carbocycles. The first-order valence-corrected chi connectivity index (χ1v) is 4.95. The van der Waals surface area contributed by atoms with E-state index >= 15 is 0 Å². The van der Waals surface area contributed by atoms with Crippen molar-refractivity contribution in [2.75, 3.05) is 17.7 Å². The molecule has 7 heteroatoms. The summed E-state index contributed by atoms with van der Waals surface area (Å²) in [5.74, 6) is 0.599. The van der Waals surface area contributed by atoms with Gasteiger partial charge in [-0.15, -0.1) is 5.10 Å². The molecule has 2 N–H and O–H groups in total. The molecular formula is C10H11N5O2. The Morgan fingerprint density at radius 3 is 2.82 bits per heavy atom. The fourth-order valence-electron chi connectivity index (χ4n) is 1.21. The molecule has 17 heavy (non-hydrogen) atoms. The maximum atomic E-state index is 11.8. The Morgan fingerprint density at radius 2 is 2.18 bits per heavy atom. The number of rotatable bonds is 3. The second kappa shape index (κ2) is 4.60. The molecular weight excluding hydrogens is 222 g/mol. The number of aromatic nitrogens is 3. The normalized spacial score (nSPS) is 10.0. The Bertz CT molecular complexity index is 537. The van der Waals surface area contributed by atoms with Crippen LogP contribution >= 0.6 is 0 Å². The van der Waals surface area contributed by atoms with E-state index in [1.54, 1.807) is 32.2 Å². The molecule has 1 amide bonds. The Balaban J connectivity index is 2.14. The summed E-state index contributed by atoms with van der Waals surface area (Å²) in [5, 5.41) is 12.6. The number of hydrogen-bond donors (Lipinski definition) is 2. The average molecular weight is 233 g/mol. The minimum absolute atomic E-state index is 0.0594. The molecule has 0 atom stereocenters.